The summed E-state index contributed by atoms with van der Waals surface area (Å²) in [5.41, 5.74) is 16.2. The molecule has 3 fully saturated rings. The molecule has 5 aliphatic rings. The van der Waals surface area contributed by atoms with Gasteiger partial charge in [0.2, 0.25) is 0 Å². The Labute approximate surface area is 303 Å². The molecule has 0 radical (unpaired) electrons. The summed E-state index contributed by atoms with van der Waals surface area (Å²) >= 11 is 0. The van der Waals surface area contributed by atoms with Crippen LogP contribution in [0.2, 0.25) is 0 Å². The Morgan fingerprint density at radius 1 is 0.569 bits per heavy atom. The third-order valence-corrected chi connectivity index (χ3v) is 14.5. The van der Waals surface area contributed by atoms with E-state index in [1.54, 1.807) is 22.3 Å². The molecule has 0 aliphatic heterocycles. The Hall–Kier alpha value is -4.62. The van der Waals surface area contributed by atoms with E-state index in [0.29, 0.717) is 11.8 Å². The van der Waals surface area contributed by atoms with Crippen LogP contribution in [0.3, 0.4) is 0 Å². The molecule has 4 atom stereocenters. The zero-order chi connectivity index (χ0) is 33.7. The summed E-state index contributed by atoms with van der Waals surface area (Å²) in [5, 5.41) is 2.57. The van der Waals surface area contributed by atoms with Gasteiger partial charge in [0.15, 0.2) is 0 Å². The maximum Gasteiger partial charge on any atom is 0.0543 e. The van der Waals surface area contributed by atoms with Gasteiger partial charge in [-0.15, -0.1) is 0 Å². The molecule has 3 saturated carbocycles. The number of fused-ring (bicyclic) bond motifs is 14. The quantitative estimate of drug-likeness (QED) is 0.182. The highest BCUT2D eigenvalue weighted by Crippen LogP contribution is 2.66. The van der Waals surface area contributed by atoms with Crippen molar-refractivity contribution in [3.8, 4) is 22.3 Å². The fourth-order valence-corrected chi connectivity index (χ4v) is 12.6. The van der Waals surface area contributed by atoms with Crippen molar-refractivity contribution in [2.45, 2.75) is 82.0 Å². The predicted molar refractivity (Wildman–Crippen MR) is 213 cm³/mol. The molecule has 0 amide bonds. The highest BCUT2D eigenvalue weighted by Gasteiger charge is 2.57. The molecule has 2 spiro atoms. The van der Waals surface area contributed by atoms with Gasteiger partial charge in [0.25, 0.3) is 0 Å². The normalized spacial score (nSPS) is 24.8. The smallest absolute Gasteiger partial charge is 0.0543 e. The number of benzene rings is 6. The molecule has 1 heteroatoms. The summed E-state index contributed by atoms with van der Waals surface area (Å²) in [5.74, 6) is 2.28. The third kappa shape index (κ3) is 4.04. The van der Waals surface area contributed by atoms with E-state index in [0.717, 1.165) is 5.92 Å². The number of rotatable bonds is 4. The van der Waals surface area contributed by atoms with E-state index in [4.69, 9.17) is 0 Å². The molecule has 0 aromatic heterocycles. The second-order valence-corrected chi connectivity index (χ2v) is 16.6. The highest BCUT2D eigenvalue weighted by molar-refractivity contribution is 5.98. The van der Waals surface area contributed by atoms with Crippen LogP contribution in [0, 0.1) is 17.8 Å². The van der Waals surface area contributed by atoms with Crippen LogP contribution < -0.4 is 4.90 Å². The summed E-state index contributed by atoms with van der Waals surface area (Å²) in [7, 11) is 0. The molecular weight excluding hydrogens is 615 g/mol. The van der Waals surface area contributed by atoms with Gasteiger partial charge in [0.1, 0.15) is 0 Å². The Morgan fingerprint density at radius 3 is 2.14 bits per heavy atom. The van der Waals surface area contributed by atoms with E-state index < -0.39 is 0 Å². The third-order valence-electron chi connectivity index (χ3n) is 14.5. The van der Waals surface area contributed by atoms with Crippen molar-refractivity contribution in [2.75, 3.05) is 4.90 Å². The lowest BCUT2D eigenvalue weighted by atomic mass is 9.50. The van der Waals surface area contributed by atoms with Crippen LogP contribution in [-0.4, -0.2) is 0 Å². The Balaban J connectivity index is 1.18. The lowest BCUT2D eigenvalue weighted by Gasteiger charge is -2.54. The summed E-state index contributed by atoms with van der Waals surface area (Å²) in [6.45, 7) is 2.47. The van der Waals surface area contributed by atoms with Crippen LogP contribution >= 0.6 is 0 Å². The summed E-state index contributed by atoms with van der Waals surface area (Å²) in [4.78, 5) is 2.62. The molecule has 5 aliphatic carbocycles. The van der Waals surface area contributed by atoms with Gasteiger partial charge >= 0.3 is 0 Å². The van der Waals surface area contributed by atoms with Crippen molar-refractivity contribution in [2.24, 2.45) is 17.8 Å². The van der Waals surface area contributed by atoms with Gasteiger partial charge < -0.3 is 4.90 Å². The second-order valence-electron chi connectivity index (χ2n) is 16.6. The SMILES string of the molecule is CCC1CC2CCCC(C2)C12c1ccccc1-c1c(N(c3ccc4c(c3)-c3ccccc3C43CCCC3)c3ccc4ccccc4c3)cccc12. The average Bonchev–Trinajstić information content (AvgIpc) is 3.87. The molecule has 51 heavy (non-hydrogen) atoms. The predicted octanol–water partition coefficient (Wildman–Crippen LogP) is 13.7. The first kappa shape index (κ1) is 30.0. The minimum atomic E-state index is 0.0917. The van der Waals surface area contributed by atoms with Crippen molar-refractivity contribution < 1.29 is 0 Å². The number of nitrogens with zero attached hydrogens (tertiary/aromatic N) is 1. The monoisotopic (exact) mass is 661 g/mol. The summed E-state index contributed by atoms with van der Waals surface area (Å²) in [6.07, 6.45) is 13.3. The topological polar surface area (TPSA) is 3.24 Å². The second kappa shape index (κ2) is 11.2. The molecule has 4 unspecified atom stereocenters. The molecule has 0 heterocycles. The Kier molecular flexibility index (Phi) is 6.59. The fourth-order valence-electron chi connectivity index (χ4n) is 12.6. The zero-order valence-corrected chi connectivity index (χ0v) is 29.9. The molecule has 252 valence electrons. The van der Waals surface area contributed by atoms with Gasteiger partial charge in [-0.1, -0.05) is 136 Å². The van der Waals surface area contributed by atoms with E-state index in [-0.39, 0.29) is 10.8 Å². The lowest BCUT2D eigenvalue weighted by Crippen LogP contribution is -2.48. The van der Waals surface area contributed by atoms with Gasteiger partial charge in [0, 0.05) is 27.8 Å². The van der Waals surface area contributed by atoms with Gasteiger partial charge in [-0.3, -0.25) is 0 Å². The summed E-state index contributed by atoms with van der Waals surface area (Å²) in [6, 6.07) is 49.7. The molecule has 6 aromatic rings. The maximum atomic E-state index is 2.62. The van der Waals surface area contributed by atoms with Gasteiger partial charge in [0.05, 0.1) is 5.69 Å². The van der Waals surface area contributed by atoms with Crippen molar-refractivity contribution >= 4 is 27.8 Å². The molecule has 1 nitrogen and oxygen atoms in total. The average molecular weight is 662 g/mol. The largest absolute Gasteiger partial charge is 0.310 e. The number of hydrogen-bond acceptors (Lipinski definition) is 1. The minimum Gasteiger partial charge on any atom is -0.310 e. The van der Waals surface area contributed by atoms with Gasteiger partial charge in [-0.2, -0.15) is 0 Å². The Bertz CT molecular complexity index is 2340. The van der Waals surface area contributed by atoms with E-state index in [2.05, 4.69) is 139 Å². The first-order valence-electron chi connectivity index (χ1n) is 20.0. The van der Waals surface area contributed by atoms with Gasteiger partial charge in [-0.25, -0.2) is 0 Å². The minimum absolute atomic E-state index is 0.0917. The maximum absolute atomic E-state index is 2.62. The van der Waals surface area contributed by atoms with Crippen LogP contribution in [0.15, 0.2) is 127 Å². The van der Waals surface area contributed by atoms with E-state index in [1.807, 2.05) is 0 Å². The zero-order valence-electron chi connectivity index (χ0n) is 29.9. The number of anilines is 3. The molecule has 2 bridgehead atoms. The first-order valence-corrected chi connectivity index (χ1v) is 20.0. The van der Waals surface area contributed by atoms with Crippen molar-refractivity contribution in [3.05, 3.63) is 150 Å². The van der Waals surface area contributed by atoms with E-state index >= 15 is 0 Å². The van der Waals surface area contributed by atoms with Crippen molar-refractivity contribution in [3.63, 3.8) is 0 Å². The Morgan fingerprint density at radius 2 is 1.27 bits per heavy atom. The van der Waals surface area contributed by atoms with Crippen LogP contribution in [-0.2, 0) is 10.8 Å². The molecule has 6 aromatic carbocycles. The van der Waals surface area contributed by atoms with Crippen LogP contribution in [0.5, 0.6) is 0 Å². The molecule has 11 rings (SSSR count). The van der Waals surface area contributed by atoms with Crippen LogP contribution in [0.25, 0.3) is 33.0 Å². The first-order chi connectivity index (χ1) is 25.2. The van der Waals surface area contributed by atoms with Gasteiger partial charge in [-0.05, 0) is 130 Å². The number of hydrogen-bond donors (Lipinski definition) is 0. The molecule has 0 N–H and O–H groups in total. The van der Waals surface area contributed by atoms with E-state index in [9.17, 15) is 0 Å². The lowest BCUT2D eigenvalue weighted by molar-refractivity contribution is 0.0557. The summed E-state index contributed by atoms with van der Waals surface area (Å²) < 4.78 is 0. The fraction of sp³-hybridized carbons (Fsp3) is 0.320. The van der Waals surface area contributed by atoms with Crippen molar-refractivity contribution in [1.29, 1.82) is 0 Å². The van der Waals surface area contributed by atoms with Crippen LogP contribution in [0.4, 0.5) is 17.1 Å². The van der Waals surface area contributed by atoms with Crippen molar-refractivity contribution in [1.82, 2.24) is 0 Å². The highest BCUT2D eigenvalue weighted by atomic mass is 15.1. The standard InChI is InChI=1S/C50H47N/c1-2-36-29-33-13-11-16-37(30-33)50(36)45-20-8-6-18-41(45)48-46(50)21-12-22-47(48)51(38-24-23-34-14-3-4-15-35(34)31-38)39-25-26-44-42(32-39)40-17-5-7-19-43(40)49(44)27-9-10-28-49/h3-8,12,14-15,17-26,31-33,36-37H,2,9-11,13,16,27-30H2,1H3. The molecule has 0 saturated heterocycles. The van der Waals surface area contributed by atoms with Crippen LogP contribution in [0.1, 0.15) is 93.4 Å². The molecular formula is C50H47N. The van der Waals surface area contributed by atoms with E-state index in [1.165, 1.54) is 114 Å².